The number of nitrogens with one attached hydrogen (secondary N) is 1. The number of hydrogen-bond donors (Lipinski definition) is 1. The second kappa shape index (κ2) is 5.63. The molecule has 122 valence electrons. The number of rotatable bonds is 6. The summed E-state index contributed by atoms with van der Waals surface area (Å²) in [5, 5.41) is 12.0. The molecule has 1 heterocycles. The predicted molar refractivity (Wildman–Crippen MR) is 87.2 cm³/mol. The van der Waals surface area contributed by atoms with Gasteiger partial charge in [-0.3, -0.25) is 0 Å². The Hall–Kier alpha value is -0.900. The lowest BCUT2D eigenvalue weighted by atomic mass is 9.48. The summed E-state index contributed by atoms with van der Waals surface area (Å²) >= 11 is 0. The molecule has 0 aliphatic heterocycles. The van der Waals surface area contributed by atoms with E-state index in [-0.39, 0.29) is 0 Å². The zero-order valence-corrected chi connectivity index (χ0v) is 14.1. The highest BCUT2D eigenvalue weighted by Crippen LogP contribution is 2.61. The number of hydrogen-bond acceptors (Lipinski definition) is 3. The van der Waals surface area contributed by atoms with Gasteiger partial charge in [-0.15, -0.1) is 10.2 Å². The molecule has 5 rings (SSSR count). The van der Waals surface area contributed by atoms with Crippen LogP contribution in [-0.4, -0.2) is 20.8 Å². The quantitative estimate of drug-likeness (QED) is 0.876. The second-order valence-corrected chi connectivity index (χ2v) is 8.44. The number of aromatic nitrogens is 3. The normalized spacial score (nSPS) is 37.6. The van der Waals surface area contributed by atoms with E-state index in [1.54, 1.807) is 19.3 Å². The Morgan fingerprint density at radius 3 is 2.45 bits per heavy atom. The van der Waals surface area contributed by atoms with Gasteiger partial charge in [-0.2, -0.15) is 0 Å². The molecule has 1 unspecified atom stereocenters. The smallest absolute Gasteiger partial charge is 0.146 e. The van der Waals surface area contributed by atoms with Gasteiger partial charge in [-0.1, -0.05) is 0 Å². The Labute approximate surface area is 134 Å². The summed E-state index contributed by atoms with van der Waals surface area (Å²) in [6.45, 7) is 6.31. The van der Waals surface area contributed by atoms with Crippen LogP contribution in [0.5, 0.6) is 0 Å². The van der Waals surface area contributed by atoms with Crippen molar-refractivity contribution in [1.29, 1.82) is 0 Å². The largest absolute Gasteiger partial charge is 0.317 e. The van der Waals surface area contributed by atoms with Gasteiger partial charge in [0.15, 0.2) is 0 Å². The molecule has 4 heteroatoms. The molecule has 4 fully saturated rings. The van der Waals surface area contributed by atoms with Crippen molar-refractivity contribution in [2.75, 3.05) is 0 Å². The van der Waals surface area contributed by atoms with E-state index in [0.717, 1.165) is 36.7 Å². The third kappa shape index (κ3) is 2.70. The molecule has 1 N–H and O–H groups in total. The fourth-order valence-corrected chi connectivity index (χ4v) is 6.21. The van der Waals surface area contributed by atoms with Crippen LogP contribution < -0.4 is 5.32 Å². The maximum Gasteiger partial charge on any atom is 0.146 e. The maximum atomic E-state index is 4.24. The number of nitrogens with zero attached hydrogens (tertiary/aromatic N) is 3. The minimum Gasteiger partial charge on any atom is -0.317 e. The van der Waals surface area contributed by atoms with Crippen molar-refractivity contribution >= 4 is 0 Å². The molecule has 4 nitrogen and oxygen atoms in total. The first-order valence-corrected chi connectivity index (χ1v) is 9.26. The zero-order valence-electron chi connectivity index (χ0n) is 14.1. The Morgan fingerprint density at radius 2 is 1.86 bits per heavy atom. The monoisotopic (exact) mass is 302 g/mol. The van der Waals surface area contributed by atoms with E-state index < -0.39 is 0 Å². The van der Waals surface area contributed by atoms with Crippen LogP contribution >= 0.6 is 0 Å². The van der Waals surface area contributed by atoms with Gasteiger partial charge in [0.1, 0.15) is 12.2 Å². The van der Waals surface area contributed by atoms with Gasteiger partial charge in [0.2, 0.25) is 0 Å². The lowest BCUT2D eigenvalue weighted by molar-refractivity contribution is -0.0612. The van der Waals surface area contributed by atoms with Crippen molar-refractivity contribution in [3.63, 3.8) is 0 Å². The molecule has 0 amide bonds. The fourth-order valence-electron chi connectivity index (χ4n) is 6.21. The molecular weight excluding hydrogens is 272 g/mol. The highest BCUT2D eigenvalue weighted by atomic mass is 15.3. The summed E-state index contributed by atoms with van der Waals surface area (Å²) in [6, 6.07) is 0.582. The van der Waals surface area contributed by atoms with Crippen molar-refractivity contribution in [3.05, 3.63) is 12.2 Å². The van der Waals surface area contributed by atoms with Gasteiger partial charge in [0, 0.05) is 12.6 Å². The Morgan fingerprint density at radius 1 is 1.23 bits per heavy atom. The highest BCUT2D eigenvalue weighted by Gasteiger charge is 2.50. The molecule has 0 radical (unpaired) electrons. The topological polar surface area (TPSA) is 42.7 Å². The van der Waals surface area contributed by atoms with Crippen LogP contribution in [-0.2, 0) is 13.1 Å². The van der Waals surface area contributed by atoms with E-state index >= 15 is 0 Å². The summed E-state index contributed by atoms with van der Waals surface area (Å²) in [6.07, 6.45) is 12.3. The molecule has 1 aromatic heterocycles. The molecule has 0 aromatic carbocycles. The SMILES string of the molecule is CCn1cnnc1CNC(C)CC12CC3CC(CC(C3)C1)C2. The van der Waals surface area contributed by atoms with Crippen LogP contribution in [0.25, 0.3) is 0 Å². The van der Waals surface area contributed by atoms with Gasteiger partial charge < -0.3 is 9.88 Å². The first-order valence-electron chi connectivity index (χ1n) is 9.26. The molecule has 1 atom stereocenters. The maximum absolute atomic E-state index is 4.24. The average molecular weight is 302 g/mol. The molecule has 0 spiro atoms. The fraction of sp³-hybridized carbons (Fsp3) is 0.889. The van der Waals surface area contributed by atoms with E-state index in [1.807, 2.05) is 6.33 Å². The van der Waals surface area contributed by atoms with Gasteiger partial charge in [-0.05, 0) is 82.0 Å². The van der Waals surface area contributed by atoms with Crippen molar-refractivity contribution in [2.45, 2.75) is 77.9 Å². The molecule has 4 saturated carbocycles. The van der Waals surface area contributed by atoms with Gasteiger partial charge in [0.25, 0.3) is 0 Å². The Balaban J connectivity index is 1.35. The first-order chi connectivity index (χ1) is 10.7. The average Bonchev–Trinajstić information content (AvgIpc) is 2.90. The van der Waals surface area contributed by atoms with Crippen molar-refractivity contribution in [1.82, 2.24) is 20.1 Å². The van der Waals surface area contributed by atoms with E-state index in [0.29, 0.717) is 11.5 Å². The van der Waals surface area contributed by atoms with E-state index in [2.05, 4.69) is 33.9 Å². The van der Waals surface area contributed by atoms with Gasteiger partial charge in [0.05, 0.1) is 6.54 Å². The van der Waals surface area contributed by atoms with Crippen molar-refractivity contribution < 1.29 is 0 Å². The molecule has 4 aliphatic rings. The van der Waals surface area contributed by atoms with E-state index in [4.69, 9.17) is 0 Å². The molecular formula is C18H30N4. The molecule has 0 saturated heterocycles. The molecule has 4 bridgehead atoms. The molecule has 22 heavy (non-hydrogen) atoms. The summed E-state index contributed by atoms with van der Waals surface area (Å²) in [5.74, 6) is 4.24. The minimum absolute atomic E-state index is 0.582. The summed E-state index contributed by atoms with van der Waals surface area (Å²) in [5.41, 5.74) is 0.666. The minimum atomic E-state index is 0.582. The second-order valence-electron chi connectivity index (χ2n) is 8.44. The Kier molecular flexibility index (Phi) is 3.75. The summed E-state index contributed by atoms with van der Waals surface area (Å²) in [7, 11) is 0. The zero-order chi connectivity index (χ0) is 15.2. The van der Waals surface area contributed by atoms with E-state index in [1.165, 1.54) is 25.7 Å². The molecule has 1 aromatic rings. The lowest BCUT2D eigenvalue weighted by Crippen LogP contribution is -2.48. The predicted octanol–water partition coefficient (Wildman–Crippen LogP) is 3.38. The Bertz CT molecular complexity index is 486. The highest BCUT2D eigenvalue weighted by molar-refractivity contribution is 5.02. The van der Waals surface area contributed by atoms with Crippen LogP contribution in [0.1, 0.15) is 64.6 Å². The van der Waals surface area contributed by atoms with Crippen LogP contribution in [0, 0.1) is 23.2 Å². The number of aryl methyl sites for hydroxylation is 1. The van der Waals surface area contributed by atoms with Crippen molar-refractivity contribution in [2.24, 2.45) is 23.2 Å². The lowest BCUT2D eigenvalue weighted by Gasteiger charge is -2.57. The van der Waals surface area contributed by atoms with Crippen LogP contribution in [0.2, 0.25) is 0 Å². The van der Waals surface area contributed by atoms with Crippen LogP contribution in [0.15, 0.2) is 6.33 Å². The van der Waals surface area contributed by atoms with Crippen LogP contribution in [0.4, 0.5) is 0 Å². The van der Waals surface area contributed by atoms with Gasteiger partial charge in [-0.25, -0.2) is 0 Å². The van der Waals surface area contributed by atoms with Crippen molar-refractivity contribution in [3.8, 4) is 0 Å². The third-order valence-corrected chi connectivity index (χ3v) is 6.55. The van der Waals surface area contributed by atoms with E-state index in [9.17, 15) is 0 Å². The van der Waals surface area contributed by atoms with Crippen LogP contribution in [0.3, 0.4) is 0 Å². The third-order valence-electron chi connectivity index (χ3n) is 6.55. The standard InChI is InChI=1S/C18H30N4/c1-3-22-12-20-21-17(22)11-19-13(2)7-18-8-14-4-15(9-18)6-16(5-14)10-18/h12-16,19H,3-11H2,1-2H3. The first kappa shape index (κ1) is 14.7. The molecule has 4 aliphatic carbocycles. The van der Waals surface area contributed by atoms with Gasteiger partial charge >= 0.3 is 0 Å². The summed E-state index contributed by atoms with van der Waals surface area (Å²) in [4.78, 5) is 0. The summed E-state index contributed by atoms with van der Waals surface area (Å²) < 4.78 is 2.13.